The highest BCUT2D eigenvalue weighted by molar-refractivity contribution is 7.93. The van der Waals surface area contributed by atoms with Crippen molar-refractivity contribution in [3.63, 3.8) is 0 Å². The van der Waals surface area contributed by atoms with Gasteiger partial charge in [0.15, 0.2) is 0 Å². The van der Waals surface area contributed by atoms with E-state index in [9.17, 15) is 12.8 Å². The Kier molecular flexibility index (Phi) is 3.95. The van der Waals surface area contributed by atoms with Gasteiger partial charge in [-0.1, -0.05) is 12.1 Å². The average Bonchev–Trinajstić information content (AvgIpc) is 2.61. The third-order valence-corrected chi connectivity index (χ3v) is 6.70. The van der Waals surface area contributed by atoms with Gasteiger partial charge < -0.3 is 0 Å². The quantitative estimate of drug-likeness (QED) is 0.681. The van der Waals surface area contributed by atoms with Gasteiger partial charge in [-0.2, -0.15) is 0 Å². The Morgan fingerprint density at radius 1 is 1.15 bits per heavy atom. The largest absolute Gasteiger partial charge is 0.265 e. The lowest BCUT2D eigenvalue weighted by atomic mass is 10.0. The van der Waals surface area contributed by atoms with E-state index in [-0.39, 0.29) is 17.1 Å². The van der Waals surface area contributed by atoms with E-state index in [0.29, 0.717) is 23.7 Å². The molecule has 0 bridgehead atoms. The molecule has 1 aliphatic heterocycles. The summed E-state index contributed by atoms with van der Waals surface area (Å²) in [7, 11) is -3.90. The molecule has 0 atom stereocenters. The number of sulfonamides is 1. The van der Waals surface area contributed by atoms with Crippen molar-refractivity contribution in [3.05, 3.63) is 65.1 Å². The number of benzene rings is 2. The van der Waals surface area contributed by atoms with Gasteiger partial charge in [-0.05, 0) is 67.6 Å². The molecule has 1 aliphatic rings. The lowest BCUT2D eigenvalue weighted by molar-refractivity contribution is 0.577. The Morgan fingerprint density at radius 2 is 1.96 bits per heavy atom. The molecule has 2 aromatic carbocycles. The van der Waals surface area contributed by atoms with Crippen LogP contribution < -0.4 is 4.31 Å². The molecule has 1 aromatic heterocycles. The number of aromatic nitrogens is 1. The molecule has 2 heterocycles. The van der Waals surface area contributed by atoms with Crippen LogP contribution in [-0.4, -0.2) is 19.9 Å². The summed E-state index contributed by atoms with van der Waals surface area (Å²) in [6, 6.07) is 10.1. The normalized spacial score (nSPS) is 14.5. The summed E-state index contributed by atoms with van der Waals surface area (Å²) in [6.07, 6.45) is 2.98. The van der Waals surface area contributed by atoms with E-state index in [1.54, 1.807) is 30.5 Å². The molecule has 0 aliphatic carbocycles. The van der Waals surface area contributed by atoms with Gasteiger partial charge in [0, 0.05) is 18.1 Å². The van der Waals surface area contributed by atoms with Crippen molar-refractivity contribution in [1.82, 2.24) is 4.98 Å². The summed E-state index contributed by atoms with van der Waals surface area (Å²) in [4.78, 5) is 4.48. The topological polar surface area (TPSA) is 50.3 Å². The summed E-state index contributed by atoms with van der Waals surface area (Å²) in [5.74, 6) is -0.488. The van der Waals surface area contributed by atoms with Crippen LogP contribution in [-0.2, 0) is 16.4 Å². The first kappa shape index (κ1) is 17.0. The zero-order valence-corrected chi connectivity index (χ0v) is 15.5. The van der Waals surface area contributed by atoms with Crippen molar-refractivity contribution in [2.24, 2.45) is 0 Å². The Balaban J connectivity index is 1.95. The molecule has 0 unspecified atom stereocenters. The van der Waals surface area contributed by atoms with E-state index in [4.69, 9.17) is 0 Å². The number of halogens is 1. The van der Waals surface area contributed by atoms with Crippen molar-refractivity contribution in [3.8, 4) is 0 Å². The molecular formula is C20H19FN2O2S. The van der Waals surface area contributed by atoms with E-state index in [1.165, 1.54) is 10.4 Å². The molecular weight excluding hydrogens is 351 g/mol. The molecule has 4 nitrogen and oxygen atoms in total. The van der Waals surface area contributed by atoms with Gasteiger partial charge in [0.05, 0.1) is 16.1 Å². The molecule has 0 N–H and O–H groups in total. The summed E-state index contributed by atoms with van der Waals surface area (Å²) < 4.78 is 42.8. The number of fused-ring (bicyclic) bond motifs is 2. The second kappa shape index (κ2) is 6.06. The Hall–Kier alpha value is -2.47. The zero-order chi connectivity index (χ0) is 18.5. The SMILES string of the molecule is Cc1cc(F)c2c(c1)CCCN2S(=O)(=O)c1ccc(C)c2ncccc12. The summed E-state index contributed by atoms with van der Waals surface area (Å²) in [6.45, 7) is 3.98. The van der Waals surface area contributed by atoms with Crippen LogP contribution in [0.4, 0.5) is 10.1 Å². The third kappa shape index (κ3) is 2.56. The van der Waals surface area contributed by atoms with Gasteiger partial charge in [0.1, 0.15) is 5.82 Å². The lowest BCUT2D eigenvalue weighted by Crippen LogP contribution is -2.36. The number of hydrogen-bond donors (Lipinski definition) is 0. The molecule has 0 spiro atoms. The van der Waals surface area contributed by atoms with E-state index in [2.05, 4.69) is 4.98 Å². The first-order valence-electron chi connectivity index (χ1n) is 8.55. The standard InChI is InChI=1S/C20H19FN2O2S/c1-13-11-15-5-4-10-23(20(15)17(21)12-13)26(24,25)18-8-7-14(2)19-16(18)6-3-9-22-19/h3,6-9,11-12H,4-5,10H2,1-2H3. The summed E-state index contributed by atoms with van der Waals surface area (Å²) in [5, 5.41) is 0.562. The molecule has 0 amide bonds. The van der Waals surface area contributed by atoms with Crippen LogP contribution in [0.15, 0.2) is 47.5 Å². The monoisotopic (exact) mass is 370 g/mol. The Bertz CT molecular complexity index is 1130. The van der Waals surface area contributed by atoms with Gasteiger partial charge in [-0.25, -0.2) is 12.8 Å². The van der Waals surface area contributed by atoms with Crippen molar-refractivity contribution in [1.29, 1.82) is 0 Å². The second-order valence-electron chi connectivity index (χ2n) is 6.72. The van der Waals surface area contributed by atoms with Gasteiger partial charge in [0.2, 0.25) is 0 Å². The highest BCUT2D eigenvalue weighted by Gasteiger charge is 2.33. The van der Waals surface area contributed by atoms with E-state index < -0.39 is 15.8 Å². The molecule has 0 saturated heterocycles. The molecule has 0 radical (unpaired) electrons. The molecule has 26 heavy (non-hydrogen) atoms. The first-order chi connectivity index (χ1) is 12.4. The molecule has 4 rings (SSSR count). The van der Waals surface area contributed by atoms with Crippen LogP contribution >= 0.6 is 0 Å². The van der Waals surface area contributed by atoms with Crippen molar-refractivity contribution < 1.29 is 12.8 Å². The van der Waals surface area contributed by atoms with Crippen LogP contribution in [0, 0.1) is 19.7 Å². The predicted molar refractivity (Wildman–Crippen MR) is 100 cm³/mol. The van der Waals surface area contributed by atoms with Gasteiger partial charge >= 0.3 is 0 Å². The van der Waals surface area contributed by atoms with Crippen molar-refractivity contribution >= 4 is 26.6 Å². The minimum atomic E-state index is -3.90. The van der Waals surface area contributed by atoms with Crippen LogP contribution in [0.3, 0.4) is 0 Å². The van der Waals surface area contributed by atoms with Crippen molar-refractivity contribution in [2.45, 2.75) is 31.6 Å². The molecule has 0 fully saturated rings. The maximum atomic E-state index is 14.7. The third-order valence-electron chi connectivity index (χ3n) is 4.84. The number of anilines is 1. The fourth-order valence-electron chi connectivity index (χ4n) is 3.67. The van der Waals surface area contributed by atoms with Crippen LogP contribution in [0.5, 0.6) is 0 Å². The second-order valence-corrected chi connectivity index (χ2v) is 8.55. The van der Waals surface area contributed by atoms with Crippen LogP contribution in [0.2, 0.25) is 0 Å². The number of hydrogen-bond acceptors (Lipinski definition) is 3. The first-order valence-corrected chi connectivity index (χ1v) is 9.99. The van der Waals surface area contributed by atoms with Crippen LogP contribution in [0.1, 0.15) is 23.1 Å². The number of pyridine rings is 1. The Labute approximate surface area is 152 Å². The lowest BCUT2D eigenvalue weighted by Gasteiger charge is -2.31. The van der Waals surface area contributed by atoms with Gasteiger partial charge in [-0.15, -0.1) is 0 Å². The van der Waals surface area contributed by atoms with E-state index >= 15 is 0 Å². The number of aryl methyl sites for hydroxylation is 3. The fourth-order valence-corrected chi connectivity index (χ4v) is 5.41. The molecule has 134 valence electrons. The molecule has 0 saturated carbocycles. The highest BCUT2D eigenvalue weighted by atomic mass is 32.2. The summed E-state index contributed by atoms with van der Waals surface area (Å²) >= 11 is 0. The van der Waals surface area contributed by atoms with E-state index in [1.807, 2.05) is 19.9 Å². The predicted octanol–water partition coefficient (Wildman–Crippen LogP) is 4.13. The van der Waals surface area contributed by atoms with Crippen LogP contribution in [0.25, 0.3) is 10.9 Å². The smallest absolute Gasteiger partial charge is 0.263 e. The minimum absolute atomic E-state index is 0.166. The number of nitrogens with zero attached hydrogens (tertiary/aromatic N) is 2. The maximum Gasteiger partial charge on any atom is 0.265 e. The molecule has 3 aromatic rings. The summed E-state index contributed by atoms with van der Waals surface area (Å²) in [5.41, 5.74) is 3.27. The van der Waals surface area contributed by atoms with Crippen molar-refractivity contribution in [2.75, 3.05) is 10.8 Å². The van der Waals surface area contributed by atoms with Gasteiger partial charge in [0.25, 0.3) is 10.0 Å². The Morgan fingerprint density at radius 3 is 2.77 bits per heavy atom. The van der Waals surface area contributed by atoms with E-state index in [0.717, 1.165) is 16.7 Å². The number of rotatable bonds is 2. The maximum absolute atomic E-state index is 14.7. The van der Waals surface area contributed by atoms with Gasteiger partial charge in [-0.3, -0.25) is 9.29 Å². The fraction of sp³-hybridized carbons (Fsp3) is 0.250. The molecule has 6 heteroatoms. The zero-order valence-electron chi connectivity index (χ0n) is 14.7. The highest BCUT2D eigenvalue weighted by Crippen LogP contribution is 2.36. The average molecular weight is 370 g/mol. The minimum Gasteiger partial charge on any atom is -0.263 e.